The smallest absolute Gasteiger partial charge is 0.339 e. The Morgan fingerprint density at radius 1 is 0.912 bits per heavy atom. The molecule has 0 aliphatic heterocycles. The van der Waals surface area contributed by atoms with E-state index in [0.29, 0.717) is 22.7 Å². The zero-order valence-electron chi connectivity index (χ0n) is 19.0. The van der Waals surface area contributed by atoms with Crippen LogP contribution >= 0.6 is 0 Å². The number of methoxy groups -OCH3 is 1. The van der Waals surface area contributed by atoms with Crippen molar-refractivity contribution in [2.24, 2.45) is 5.92 Å². The van der Waals surface area contributed by atoms with Crippen molar-refractivity contribution in [2.45, 2.75) is 25.9 Å². The van der Waals surface area contributed by atoms with Crippen molar-refractivity contribution in [3.8, 4) is 5.75 Å². The quantitative estimate of drug-likeness (QED) is 0.469. The SMILES string of the molecule is COc1ccc(C)cc1NC(=O)C(OC(=O)c1ccc(NC(=O)C2CC2)cc1)c1ccccc1. The second kappa shape index (κ2) is 10.2. The third-order valence-electron chi connectivity index (χ3n) is 5.51. The summed E-state index contributed by atoms with van der Waals surface area (Å²) in [5.74, 6) is -0.581. The highest BCUT2D eigenvalue weighted by atomic mass is 16.5. The Hall–Kier alpha value is -4.13. The van der Waals surface area contributed by atoms with Crippen LogP contribution in [0.2, 0.25) is 0 Å². The van der Waals surface area contributed by atoms with Gasteiger partial charge < -0.3 is 20.1 Å². The van der Waals surface area contributed by atoms with E-state index in [1.165, 1.54) is 7.11 Å². The number of nitrogens with one attached hydrogen (secondary N) is 2. The van der Waals surface area contributed by atoms with Crippen molar-refractivity contribution in [1.82, 2.24) is 0 Å². The van der Waals surface area contributed by atoms with Crippen molar-refractivity contribution in [2.75, 3.05) is 17.7 Å². The molecule has 0 saturated heterocycles. The van der Waals surface area contributed by atoms with E-state index >= 15 is 0 Å². The number of esters is 1. The van der Waals surface area contributed by atoms with Crippen LogP contribution in [0.4, 0.5) is 11.4 Å². The number of aryl methyl sites for hydroxylation is 1. The molecular formula is C27H26N2O5. The van der Waals surface area contributed by atoms with Gasteiger partial charge in [-0.15, -0.1) is 0 Å². The Morgan fingerprint density at radius 3 is 2.26 bits per heavy atom. The lowest BCUT2D eigenvalue weighted by atomic mass is 10.1. The maximum Gasteiger partial charge on any atom is 0.339 e. The normalized spacial score (nSPS) is 13.5. The molecule has 3 aromatic rings. The molecule has 0 spiro atoms. The van der Waals surface area contributed by atoms with Gasteiger partial charge >= 0.3 is 5.97 Å². The molecule has 0 heterocycles. The van der Waals surface area contributed by atoms with Crippen molar-refractivity contribution < 1.29 is 23.9 Å². The highest BCUT2D eigenvalue weighted by molar-refractivity contribution is 5.99. The van der Waals surface area contributed by atoms with Crippen molar-refractivity contribution in [3.05, 3.63) is 89.5 Å². The highest BCUT2D eigenvalue weighted by Crippen LogP contribution is 2.30. The Morgan fingerprint density at radius 2 is 1.62 bits per heavy atom. The van der Waals surface area contributed by atoms with Crippen LogP contribution in [0.3, 0.4) is 0 Å². The molecule has 7 heteroatoms. The summed E-state index contributed by atoms with van der Waals surface area (Å²) in [5.41, 5.74) is 2.84. The topological polar surface area (TPSA) is 93.7 Å². The first kappa shape index (κ1) is 23.0. The summed E-state index contributed by atoms with van der Waals surface area (Å²) in [5, 5.41) is 5.65. The molecule has 7 nitrogen and oxygen atoms in total. The van der Waals surface area contributed by atoms with Gasteiger partial charge in [0.1, 0.15) is 5.75 Å². The van der Waals surface area contributed by atoms with E-state index in [1.54, 1.807) is 60.7 Å². The lowest BCUT2D eigenvalue weighted by molar-refractivity contribution is -0.125. The number of benzene rings is 3. The molecule has 1 aliphatic rings. The van der Waals surface area contributed by atoms with E-state index in [2.05, 4.69) is 10.6 Å². The molecule has 2 amide bonds. The maximum absolute atomic E-state index is 13.2. The number of rotatable bonds is 8. The predicted octanol–water partition coefficient (Wildman–Crippen LogP) is 4.89. The summed E-state index contributed by atoms with van der Waals surface area (Å²) >= 11 is 0. The Bertz CT molecular complexity index is 1190. The monoisotopic (exact) mass is 458 g/mol. The molecule has 2 N–H and O–H groups in total. The number of amides is 2. The molecular weight excluding hydrogens is 432 g/mol. The number of carbonyl (C=O) groups is 3. The van der Waals surface area contributed by atoms with Gasteiger partial charge in [0.25, 0.3) is 5.91 Å². The van der Waals surface area contributed by atoms with Gasteiger partial charge in [-0.1, -0.05) is 36.4 Å². The minimum Gasteiger partial charge on any atom is -0.495 e. The number of hydrogen-bond acceptors (Lipinski definition) is 5. The van der Waals surface area contributed by atoms with Crippen LogP contribution in [0.1, 0.15) is 40.4 Å². The molecule has 0 aromatic heterocycles. The molecule has 3 aromatic carbocycles. The van der Waals surface area contributed by atoms with Gasteiger partial charge in [0, 0.05) is 17.2 Å². The van der Waals surface area contributed by atoms with E-state index in [-0.39, 0.29) is 17.4 Å². The Balaban J connectivity index is 1.51. The largest absolute Gasteiger partial charge is 0.495 e. The summed E-state index contributed by atoms with van der Waals surface area (Å²) in [6.45, 7) is 1.90. The highest BCUT2D eigenvalue weighted by Gasteiger charge is 2.30. The molecule has 4 rings (SSSR count). The molecule has 1 fully saturated rings. The van der Waals surface area contributed by atoms with Crippen molar-refractivity contribution >= 4 is 29.2 Å². The third-order valence-corrected chi connectivity index (χ3v) is 5.51. The van der Waals surface area contributed by atoms with Crippen molar-refractivity contribution in [3.63, 3.8) is 0 Å². The van der Waals surface area contributed by atoms with Crippen LogP contribution in [-0.2, 0) is 14.3 Å². The van der Waals surface area contributed by atoms with E-state index in [4.69, 9.17) is 9.47 Å². The van der Waals surface area contributed by atoms with Crippen LogP contribution in [-0.4, -0.2) is 24.9 Å². The molecule has 1 atom stereocenters. The van der Waals surface area contributed by atoms with Gasteiger partial charge in [0.05, 0.1) is 18.4 Å². The first-order chi connectivity index (χ1) is 16.4. The summed E-state index contributed by atoms with van der Waals surface area (Å²) in [6.07, 6.45) is 0.648. The number of anilines is 2. The molecule has 1 aliphatic carbocycles. The van der Waals surface area contributed by atoms with Crippen LogP contribution in [0.15, 0.2) is 72.8 Å². The fourth-order valence-corrected chi connectivity index (χ4v) is 3.47. The fourth-order valence-electron chi connectivity index (χ4n) is 3.47. The molecule has 1 saturated carbocycles. The van der Waals surface area contributed by atoms with Gasteiger partial charge in [-0.25, -0.2) is 4.79 Å². The Labute approximate surface area is 198 Å². The van der Waals surface area contributed by atoms with Gasteiger partial charge in [-0.05, 0) is 61.7 Å². The predicted molar refractivity (Wildman–Crippen MR) is 129 cm³/mol. The van der Waals surface area contributed by atoms with Gasteiger partial charge in [0.2, 0.25) is 12.0 Å². The van der Waals surface area contributed by atoms with Gasteiger partial charge in [-0.3, -0.25) is 9.59 Å². The molecule has 34 heavy (non-hydrogen) atoms. The zero-order valence-corrected chi connectivity index (χ0v) is 19.0. The van der Waals surface area contributed by atoms with E-state index < -0.39 is 18.0 Å². The summed E-state index contributed by atoms with van der Waals surface area (Å²) in [7, 11) is 1.52. The third kappa shape index (κ3) is 5.61. The van der Waals surface area contributed by atoms with E-state index in [9.17, 15) is 14.4 Å². The van der Waals surface area contributed by atoms with E-state index in [0.717, 1.165) is 18.4 Å². The van der Waals surface area contributed by atoms with Crippen LogP contribution < -0.4 is 15.4 Å². The van der Waals surface area contributed by atoms with Gasteiger partial charge in [-0.2, -0.15) is 0 Å². The average Bonchev–Trinajstić information content (AvgIpc) is 3.69. The lowest BCUT2D eigenvalue weighted by Gasteiger charge is -2.19. The average molecular weight is 459 g/mol. The Kier molecular flexibility index (Phi) is 6.92. The minimum atomic E-state index is -1.17. The van der Waals surface area contributed by atoms with Crippen molar-refractivity contribution in [1.29, 1.82) is 0 Å². The second-order valence-corrected chi connectivity index (χ2v) is 8.23. The number of ether oxygens (including phenoxy) is 2. The summed E-state index contributed by atoms with van der Waals surface area (Å²) in [4.78, 5) is 38.0. The zero-order chi connectivity index (χ0) is 24.1. The van der Waals surface area contributed by atoms with Crippen LogP contribution in [0.5, 0.6) is 5.75 Å². The second-order valence-electron chi connectivity index (χ2n) is 8.23. The molecule has 1 unspecified atom stereocenters. The number of carbonyl (C=O) groups excluding carboxylic acids is 3. The molecule has 0 bridgehead atoms. The standard InChI is InChI=1S/C27H26N2O5/c1-17-8-15-23(33-2)22(16-17)29-26(31)24(18-6-4-3-5-7-18)34-27(32)20-11-13-21(14-12-20)28-25(30)19-9-10-19/h3-8,11-16,19,24H,9-10H2,1-2H3,(H,28,30)(H,29,31). The first-order valence-electron chi connectivity index (χ1n) is 11.1. The molecule has 0 radical (unpaired) electrons. The molecule has 174 valence electrons. The first-order valence-corrected chi connectivity index (χ1v) is 11.1. The summed E-state index contributed by atoms with van der Waals surface area (Å²) in [6, 6.07) is 20.7. The van der Waals surface area contributed by atoms with Crippen LogP contribution in [0.25, 0.3) is 0 Å². The van der Waals surface area contributed by atoms with E-state index in [1.807, 2.05) is 19.1 Å². The lowest BCUT2D eigenvalue weighted by Crippen LogP contribution is -2.26. The minimum absolute atomic E-state index is 0.0114. The fraction of sp³-hybridized carbons (Fsp3) is 0.222. The number of hydrogen-bond donors (Lipinski definition) is 2. The summed E-state index contributed by atoms with van der Waals surface area (Å²) < 4.78 is 11.0. The van der Waals surface area contributed by atoms with Gasteiger partial charge in [0.15, 0.2) is 0 Å². The van der Waals surface area contributed by atoms with Crippen LogP contribution in [0, 0.1) is 12.8 Å². The maximum atomic E-state index is 13.2.